The third-order valence-corrected chi connectivity index (χ3v) is 3.95. The summed E-state index contributed by atoms with van der Waals surface area (Å²) in [4.78, 5) is 25.7. The lowest BCUT2D eigenvalue weighted by Gasteiger charge is -2.16. The van der Waals surface area contributed by atoms with E-state index in [1.54, 1.807) is 24.3 Å². The van der Waals surface area contributed by atoms with E-state index in [-0.39, 0.29) is 24.1 Å². The molecule has 1 fully saturated rings. The van der Waals surface area contributed by atoms with Crippen molar-refractivity contribution >= 4 is 39.1 Å². The van der Waals surface area contributed by atoms with Gasteiger partial charge in [0.05, 0.1) is 12.1 Å². The minimum atomic E-state index is -0.637. The molecule has 1 heterocycles. The molecule has 112 valence electrons. The number of nitrogens with zero attached hydrogens (tertiary/aromatic N) is 1. The molecule has 0 unspecified atom stereocenters. The smallest absolute Gasteiger partial charge is 0.256 e. The first-order chi connectivity index (χ1) is 10.5. The van der Waals surface area contributed by atoms with Gasteiger partial charge in [-0.1, -0.05) is 15.9 Å². The van der Waals surface area contributed by atoms with Crippen LogP contribution in [-0.4, -0.2) is 17.9 Å². The number of carbonyl (C=O) groups is 2. The van der Waals surface area contributed by atoms with Crippen LogP contribution in [0.15, 0.2) is 53.0 Å². The van der Waals surface area contributed by atoms with Crippen molar-refractivity contribution in [3.05, 3.63) is 58.8 Å². The number of anilines is 2. The second-order valence-electron chi connectivity index (χ2n) is 4.95. The minimum absolute atomic E-state index is 0.0757. The van der Waals surface area contributed by atoms with Gasteiger partial charge < -0.3 is 5.32 Å². The molecule has 22 heavy (non-hydrogen) atoms. The lowest BCUT2D eigenvalue weighted by Crippen LogP contribution is -2.34. The van der Waals surface area contributed by atoms with Gasteiger partial charge in [-0.3, -0.25) is 9.59 Å². The summed E-state index contributed by atoms with van der Waals surface area (Å²) in [5.41, 5.74) is 1.15. The monoisotopic (exact) mass is 362 g/mol. The van der Waals surface area contributed by atoms with Crippen molar-refractivity contribution in [1.29, 1.82) is 0 Å². The molecule has 0 bridgehead atoms. The number of amides is 2. The molecule has 1 atom stereocenters. The molecule has 0 aliphatic carbocycles. The zero-order valence-corrected chi connectivity index (χ0v) is 13.0. The Morgan fingerprint density at radius 1 is 1.05 bits per heavy atom. The maximum atomic E-state index is 12.9. The Hall–Kier alpha value is -2.21. The van der Waals surface area contributed by atoms with E-state index in [9.17, 15) is 14.0 Å². The Kier molecular flexibility index (Phi) is 3.94. The molecule has 4 nitrogen and oxygen atoms in total. The predicted octanol–water partition coefficient (Wildman–Crippen LogP) is 3.33. The molecule has 2 amide bonds. The molecule has 1 aliphatic rings. The van der Waals surface area contributed by atoms with Crippen molar-refractivity contribution in [2.45, 2.75) is 12.5 Å². The fourth-order valence-corrected chi connectivity index (χ4v) is 2.62. The molecular formula is C16H12BrFN2O2. The van der Waals surface area contributed by atoms with Crippen LogP contribution in [0.25, 0.3) is 0 Å². The number of halogens is 2. The van der Waals surface area contributed by atoms with Crippen molar-refractivity contribution < 1.29 is 14.0 Å². The average Bonchev–Trinajstić information content (AvgIpc) is 2.77. The lowest BCUT2D eigenvalue weighted by atomic mass is 10.2. The summed E-state index contributed by atoms with van der Waals surface area (Å²) in [5, 5.41) is 2.97. The van der Waals surface area contributed by atoms with Gasteiger partial charge >= 0.3 is 0 Å². The number of hydrogen-bond donors (Lipinski definition) is 1. The second-order valence-corrected chi connectivity index (χ2v) is 5.87. The highest BCUT2D eigenvalue weighted by Crippen LogP contribution is 2.26. The first-order valence-electron chi connectivity index (χ1n) is 6.69. The molecule has 1 N–H and O–H groups in total. The third kappa shape index (κ3) is 2.87. The molecule has 0 spiro atoms. The van der Waals surface area contributed by atoms with Crippen molar-refractivity contribution in [3.8, 4) is 0 Å². The van der Waals surface area contributed by atoms with Crippen molar-refractivity contribution in [2.75, 3.05) is 10.2 Å². The molecule has 0 aromatic heterocycles. The molecule has 1 aliphatic heterocycles. The molecule has 6 heteroatoms. The standard InChI is InChI=1S/C16H12BrFN2O2/c17-10-1-7-13(8-2-10)20-15(21)9-14(16(20)22)19-12-5-3-11(18)4-6-12/h1-8,14,19H,9H2/t14-/m0/s1. The van der Waals surface area contributed by atoms with Gasteiger partial charge in [0.15, 0.2) is 0 Å². The van der Waals surface area contributed by atoms with E-state index in [1.165, 1.54) is 29.2 Å². The zero-order valence-electron chi connectivity index (χ0n) is 11.4. The summed E-state index contributed by atoms with van der Waals surface area (Å²) in [6.45, 7) is 0. The molecule has 1 saturated heterocycles. The van der Waals surface area contributed by atoms with Gasteiger partial charge in [-0.25, -0.2) is 9.29 Å². The summed E-state index contributed by atoms with van der Waals surface area (Å²) in [6.07, 6.45) is 0.0757. The van der Waals surface area contributed by atoms with Gasteiger partial charge in [0.1, 0.15) is 11.9 Å². The summed E-state index contributed by atoms with van der Waals surface area (Å²) >= 11 is 3.31. The Morgan fingerprint density at radius 3 is 2.32 bits per heavy atom. The number of imide groups is 1. The van der Waals surface area contributed by atoms with Crippen LogP contribution in [0.2, 0.25) is 0 Å². The van der Waals surface area contributed by atoms with Crippen molar-refractivity contribution in [3.63, 3.8) is 0 Å². The second kappa shape index (κ2) is 5.88. The Morgan fingerprint density at radius 2 is 1.68 bits per heavy atom. The van der Waals surface area contributed by atoms with Crippen LogP contribution in [0.3, 0.4) is 0 Å². The van der Waals surface area contributed by atoms with Crippen LogP contribution in [0.4, 0.5) is 15.8 Å². The molecule has 2 aromatic carbocycles. The molecule has 0 radical (unpaired) electrons. The Balaban J connectivity index is 1.79. The van der Waals surface area contributed by atoms with E-state index in [2.05, 4.69) is 21.2 Å². The van der Waals surface area contributed by atoms with Gasteiger partial charge in [0.25, 0.3) is 5.91 Å². The predicted molar refractivity (Wildman–Crippen MR) is 85.1 cm³/mol. The molecule has 0 saturated carbocycles. The first-order valence-corrected chi connectivity index (χ1v) is 7.48. The van der Waals surface area contributed by atoms with Crippen LogP contribution < -0.4 is 10.2 Å². The molecule has 2 aromatic rings. The highest BCUT2D eigenvalue weighted by atomic mass is 79.9. The Labute approximate surface area is 135 Å². The quantitative estimate of drug-likeness (QED) is 0.852. The van der Waals surface area contributed by atoms with Gasteiger partial charge in [-0.15, -0.1) is 0 Å². The third-order valence-electron chi connectivity index (χ3n) is 3.42. The molecular weight excluding hydrogens is 351 g/mol. The van der Waals surface area contributed by atoms with Crippen LogP contribution >= 0.6 is 15.9 Å². The van der Waals surface area contributed by atoms with Gasteiger partial charge in [0.2, 0.25) is 5.91 Å². The maximum absolute atomic E-state index is 12.9. The average molecular weight is 363 g/mol. The van der Waals surface area contributed by atoms with E-state index < -0.39 is 6.04 Å². The molecule has 3 rings (SSSR count). The SMILES string of the molecule is O=C1C[C@H](Nc2ccc(F)cc2)C(=O)N1c1ccc(Br)cc1. The van der Waals surface area contributed by atoms with E-state index in [0.29, 0.717) is 11.4 Å². The van der Waals surface area contributed by atoms with E-state index >= 15 is 0 Å². The van der Waals surface area contributed by atoms with E-state index in [1.807, 2.05) is 0 Å². The maximum Gasteiger partial charge on any atom is 0.256 e. The largest absolute Gasteiger partial charge is 0.373 e. The summed E-state index contributed by atoms with van der Waals surface area (Å²) in [6, 6.07) is 12.0. The number of nitrogens with one attached hydrogen (secondary N) is 1. The lowest BCUT2D eigenvalue weighted by molar-refractivity contribution is -0.121. The Bertz CT molecular complexity index is 716. The highest BCUT2D eigenvalue weighted by molar-refractivity contribution is 9.10. The summed E-state index contributed by atoms with van der Waals surface area (Å²) in [7, 11) is 0. The van der Waals surface area contributed by atoms with Crippen LogP contribution in [0.1, 0.15) is 6.42 Å². The van der Waals surface area contributed by atoms with E-state index in [4.69, 9.17) is 0 Å². The number of carbonyl (C=O) groups excluding carboxylic acids is 2. The highest BCUT2D eigenvalue weighted by Gasteiger charge is 2.39. The fraction of sp³-hybridized carbons (Fsp3) is 0.125. The van der Waals surface area contributed by atoms with Crippen molar-refractivity contribution in [2.24, 2.45) is 0 Å². The first kappa shape index (κ1) is 14.7. The van der Waals surface area contributed by atoms with Crippen molar-refractivity contribution in [1.82, 2.24) is 0 Å². The van der Waals surface area contributed by atoms with Crippen LogP contribution in [-0.2, 0) is 9.59 Å². The minimum Gasteiger partial charge on any atom is -0.373 e. The fourth-order valence-electron chi connectivity index (χ4n) is 2.35. The van der Waals surface area contributed by atoms with Gasteiger partial charge in [-0.2, -0.15) is 0 Å². The normalized spacial score (nSPS) is 17.9. The van der Waals surface area contributed by atoms with Gasteiger partial charge in [0, 0.05) is 10.2 Å². The topological polar surface area (TPSA) is 49.4 Å². The van der Waals surface area contributed by atoms with Crippen LogP contribution in [0.5, 0.6) is 0 Å². The number of hydrogen-bond acceptors (Lipinski definition) is 3. The summed E-state index contributed by atoms with van der Waals surface area (Å²) < 4.78 is 13.8. The van der Waals surface area contributed by atoms with Gasteiger partial charge in [-0.05, 0) is 48.5 Å². The van der Waals surface area contributed by atoms with E-state index in [0.717, 1.165) is 4.47 Å². The zero-order chi connectivity index (χ0) is 15.7. The number of benzene rings is 2. The summed E-state index contributed by atoms with van der Waals surface area (Å²) in [5.74, 6) is -0.917. The van der Waals surface area contributed by atoms with Crippen LogP contribution in [0, 0.1) is 5.82 Å². The number of rotatable bonds is 3.